The number of benzene rings is 1. The number of carbonyl (C=O) groups excluding carboxylic acids is 2. The number of rotatable bonds is 4. The minimum absolute atomic E-state index is 0.0433. The average Bonchev–Trinajstić information content (AvgIpc) is 3.56. The number of halogens is 1. The van der Waals surface area contributed by atoms with Crippen molar-refractivity contribution in [3.05, 3.63) is 40.5 Å². The molecule has 1 saturated carbocycles. The lowest BCUT2D eigenvalue weighted by Crippen LogP contribution is -2.50. The molecule has 1 aliphatic heterocycles. The Kier molecular flexibility index (Phi) is 5.40. The minimum Gasteiger partial charge on any atom is -0.449 e. The van der Waals surface area contributed by atoms with E-state index in [0.717, 1.165) is 35.9 Å². The van der Waals surface area contributed by atoms with Gasteiger partial charge in [0, 0.05) is 48.7 Å². The first kappa shape index (κ1) is 19.0. The molecular weight excluding hydrogens is 378 g/mol. The van der Waals surface area contributed by atoms with Crippen LogP contribution >= 0.6 is 11.6 Å². The predicted molar refractivity (Wildman–Crippen MR) is 108 cm³/mol. The van der Waals surface area contributed by atoms with E-state index in [2.05, 4.69) is 0 Å². The fraction of sp³-hybridized carbons (Fsp3) is 0.476. The number of nitrogens with zero attached hydrogens (tertiary/aromatic N) is 3. The second-order valence-corrected chi connectivity index (χ2v) is 7.84. The highest BCUT2D eigenvalue weighted by Crippen LogP contribution is 2.41. The molecule has 0 radical (unpaired) electrons. The van der Waals surface area contributed by atoms with Gasteiger partial charge in [0.1, 0.15) is 0 Å². The van der Waals surface area contributed by atoms with Gasteiger partial charge < -0.3 is 14.5 Å². The van der Waals surface area contributed by atoms with E-state index < -0.39 is 0 Å². The van der Waals surface area contributed by atoms with Crippen molar-refractivity contribution in [2.75, 3.05) is 32.8 Å². The number of pyridine rings is 1. The number of aromatic nitrogens is 1. The van der Waals surface area contributed by atoms with E-state index in [0.29, 0.717) is 49.3 Å². The van der Waals surface area contributed by atoms with Crippen molar-refractivity contribution in [3.63, 3.8) is 0 Å². The van der Waals surface area contributed by atoms with Crippen LogP contribution in [0.2, 0.25) is 5.02 Å². The van der Waals surface area contributed by atoms with Crippen molar-refractivity contribution in [2.24, 2.45) is 0 Å². The normalized spacial score (nSPS) is 17.1. The van der Waals surface area contributed by atoms with Crippen LogP contribution < -0.4 is 0 Å². The maximum atomic E-state index is 12.9. The Labute approximate surface area is 169 Å². The SMILES string of the molecule is CCCOC(=O)N1CCN(C(=O)c2ccc3c(Cl)cc(C4CC4)nc3c2)CC1. The second kappa shape index (κ2) is 7.95. The zero-order valence-corrected chi connectivity index (χ0v) is 16.7. The molecule has 28 heavy (non-hydrogen) atoms. The van der Waals surface area contributed by atoms with Gasteiger partial charge in [-0.2, -0.15) is 0 Å². The summed E-state index contributed by atoms with van der Waals surface area (Å²) >= 11 is 6.41. The van der Waals surface area contributed by atoms with Gasteiger partial charge in [0.05, 0.1) is 17.1 Å². The van der Waals surface area contributed by atoms with Gasteiger partial charge in [-0.15, -0.1) is 0 Å². The highest BCUT2D eigenvalue weighted by Gasteiger charge is 2.27. The van der Waals surface area contributed by atoms with Gasteiger partial charge in [-0.25, -0.2) is 4.79 Å². The lowest BCUT2D eigenvalue weighted by atomic mass is 10.1. The first-order valence-corrected chi connectivity index (χ1v) is 10.3. The largest absolute Gasteiger partial charge is 0.449 e. The van der Waals surface area contributed by atoms with E-state index in [4.69, 9.17) is 21.3 Å². The zero-order chi connectivity index (χ0) is 19.7. The summed E-state index contributed by atoms with van der Waals surface area (Å²) < 4.78 is 5.17. The number of hydrogen-bond acceptors (Lipinski definition) is 4. The Morgan fingerprint density at radius 2 is 1.86 bits per heavy atom. The molecule has 1 aromatic carbocycles. The van der Waals surface area contributed by atoms with Gasteiger partial charge in [-0.05, 0) is 37.5 Å². The zero-order valence-electron chi connectivity index (χ0n) is 16.0. The molecule has 0 bridgehead atoms. The Morgan fingerprint density at radius 1 is 1.14 bits per heavy atom. The first-order valence-electron chi connectivity index (χ1n) is 9.88. The molecular formula is C21H24ClN3O3. The number of ether oxygens (including phenoxy) is 1. The van der Waals surface area contributed by atoms with Gasteiger partial charge in [0.25, 0.3) is 5.91 Å². The van der Waals surface area contributed by atoms with Crippen LogP contribution in [-0.4, -0.2) is 59.6 Å². The minimum atomic E-state index is -0.300. The van der Waals surface area contributed by atoms with Crippen LogP contribution in [0.3, 0.4) is 0 Å². The van der Waals surface area contributed by atoms with Crippen LogP contribution in [0, 0.1) is 0 Å². The fourth-order valence-corrected chi connectivity index (χ4v) is 3.75. The second-order valence-electron chi connectivity index (χ2n) is 7.43. The molecule has 0 spiro atoms. The Bertz CT molecular complexity index is 905. The lowest BCUT2D eigenvalue weighted by molar-refractivity contribution is 0.0560. The molecule has 2 amide bonds. The van der Waals surface area contributed by atoms with E-state index in [9.17, 15) is 9.59 Å². The number of fused-ring (bicyclic) bond motifs is 1. The van der Waals surface area contributed by atoms with Crippen LogP contribution in [0.15, 0.2) is 24.3 Å². The molecule has 7 heteroatoms. The molecule has 6 nitrogen and oxygen atoms in total. The fourth-order valence-electron chi connectivity index (χ4n) is 3.48. The predicted octanol–water partition coefficient (Wildman–Crippen LogP) is 4.07. The molecule has 0 unspecified atom stereocenters. The first-order chi connectivity index (χ1) is 13.6. The molecule has 0 atom stereocenters. The molecule has 2 aromatic rings. The van der Waals surface area contributed by atoms with Crippen molar-refractivity contribution >= 4 is 34.5 Å². The van der Waals surface area contributed by atoms with Gasteiger partial charge in [0.15, 0.2) is 0 Å². The summed E-state index contributed by atoms with van der Waals surface area (Å²) in [6, 6.07) is 7.45. The highest BCUT2D eigenvalue weighted by atomic mass is 35.5. The monoisotopic (exact) mass is 401 g/mol. The third-order valence-electron chi connectivity index (χ3n) is 5.28. The van der Waals surface area contributed by atoms with Crippen molar-refractivity contribution in [1.29, 1.82) is 0 Å². The average molecular weight is 402 g/mol. The third-order valence-corrected chi connectivity index (χ3v) is 5.59. The number of piperazine rings is 1. The van der Waals surface area contributed by atoms with Crippen molar-refractivity contribution in [3.8, 4) is 0 Å². The molecule has 1 aromatic heterocycles. The third kappa shape index (κ3) is 3.92. The van der Waals surface area contributed by atoms with Gasteiger partial charge in [0.2, 0.25) is 0 Å². The number of amides is 2. The number of carbonyl (C=O) groups is 2. The van der Waals surface area contributed by atoms with E-state index in [1.54, 1.807) is 15.9 Å². The van der Waals surface area contributed by atoms with Gasteiger partial charge in [-0.3, -0.25) is 9.78 Å². The van der Waals surface area contributed by atoms with Crippen LogP contribution in [-0.2, 0) is 4.74 Å². The summed E-state index contributed by atoms with van der Waals surface area (Å²) in [5.41, 5.74) is 2.38. The topological polar surface area (TPSA) is 62.7 Å². The highest BCUT2D eigenvalue weighted by molar-refractivity contribution is 6.35. The van der Waals surface area contributed by atoms with E-state index in [-0.39, 0.29) is 12.0 Å². The molecule has 1 aliphatic carbocycles. The molecule has 2 fully saturated rings. The van der Waals surface area contributed by atoms with Crippen molar-refractivity contribution < 1.29 is 14.3 Å². The number of hydrogen-bond donors (Lipinski definition) is 0. The summed E-state index contributed by atoms with van der Waals surface area (Å²) in [6.45, 7) is 4.34. The maximum Gasteiger partial charge on any atom is 0.409 e. The van der Waals surface area contributed by atoms with Crippen LogP contribution in [0.25, 0.3) is 10.9 Å². The van der Waals surface area contributed by atoms with E-state index >= 15 is 0 Å². The standard InChI is InChI=1S/C21H24ClN3O3/c1-2-11-28-21(27)25-9-7-24(8-10-25)20(26)15-5-6-16-17(22)13-18(14-3-4-14)23-19(16)12-15/h5-6,12-14H,2-4,7-11H2,1H3. The van der Waals surface area contributed by atoms with E-state index in [1.807, 2.05) is 25.1 Å². The van der Waals surface area contributed by atoms with E-state index in [1.165, 1.54) is 0 Å². The smallest absolute Gasteiger partial charge is 0.409 e. The lowest BCUT2D eigenvalue weighted by Gasteiger charge is -2.34. The Morgan fingerprint density at radius 3 is 2.54 bits per heavy atom. The van der Waals surface area contributed by atoms with Crippen molar-refractivity contribution in [2.45, 2.75) is 32.1 Å². The molecule has 0 N–H and O–H groups in total. The Hall–Kier alpha value is -2.34. The summed E-state index contributed by atoms with van der Waals surface area (Å²) in [5.74, 6) is 0.458. The summed E-state index contributed by atoms with van der Waals surface area (Å²) in [6.07, 6.45) is 2.80. The summed E-state index contributed by atoms with van der Waals surface area (Å²) in [4.78, 5) is 33.0. The molecule has 2 aliphatic rings. The van der Waals surface area contributed by atoms with Crippen LogP contribution in [0.4, 0.5) is 4.79 Å². The quantitative estimate of drug-likeness (QED) is 0.774. The summed E-state index contributed by atoms with van der Waals surface area (Å²) in [5, 5.41) is 1.55. The van der Waals surface area contributed by atoms with Gasteiger partial charge in [-0.1, -0.05) is 24.6 Å². The van der Waals surface area contributed by atoms with Crippen LogP contribution in [0.1, 0.15) is 48.2 Å². The van der Waals surface area contributed by atoms with Crippen molar-refractivity contribution in [1.82, 2.24) is 14.8 Å². The molecule has 4 rings (SSSR count). The molecule has 148 valence electrons. The Balaban J connectivity index is 1.46. The summed E-state index contributed by atoms with van der Waals surface area (Å²) in [7, 11) is 0. The maximum absolute atomic E-state index is 12.9. The molecule has 2 heterocycles. The van der Waals surface area contributed by atoms with Crippen LogP contribution in [0.5, 0.6) is 0 Å². The molecule has 1 saturated heterocycles. The van der Waals surface area contributed by atoms with Gasteiger partial charge >= 0.3 is 6.09 Å².